The molecule has 1 unspecified atom stereocenters. The summed E-state index contributed by atoms with van der Waals surface area (Å²) in [5.41, 5.74) is 1.80. The number of hydrogen-bond acceptors (Lipinski definition) is 4. The zero-order valence-electron chi connectivity index (χ0n) is 17.2. The summed E-state index contributed by atoms with van der Waals surface area (Å²) in [6.45, 7) is 5.49. The van der Waals surface area contributed by atoms with E-state index in [4.69, 9.17) is 4.98 Å². The third-order valence-corrected chi connectivity index (χ3v) is 6.85. The molecule has 1 atom stereocenters. The first-order chi connectivity index (χ1) is 13.7. The summed E-state index contributed by atoms with van der Waals surface area (Å²) in [5.74, 6) is 1.65. The molecule has 2 aliphatic heterocycles. The lowest BCUT2D eigenvalue weighted by atomic mass is 9.88. The number of piperidine rings is 1. The number of fused-ring (bicyclic) bond motifs is 1. The van der Waals surface area contributed by atoms with E-state index in [1.54, 1.807) is 0 Å². The molecule has 1 saturated carbocycles. The van der Waals surface area contributed by atoms with Crippen LogP contribution >= 0.6 is 0 Å². The van der Waals surface area contributed by atoms with Crippen LogP contribution in [-0.2, 0) is 17.8 Å². The molecule has 0 bridgehead atoms. The van der Waals surface area contributed by atoms with Crippen LogP contribution in [0.2, 0.25) is 0 Å². The minimum absolute atomic E-state index is 0.00261. The molecule has 4 rings (SSSR count). The van der Waals surface area contributed by atoms with Gasteiger partial charge in [-0.2, -0.15) is 0 Å². The fourth-order valence-corrected chi connectivity index (χ4v) is 5.27. The van der Waals surface area contributed by atoms with Gasteiger partial charge in [0.2, 0.25) is 5.91 Å². The fourth-order valence-electron chi connectivity index (χ4n) is 5.27. The topological polar surface area (TPSA) is 69.3 Å². The zero-order chi connectivity index (χ0) is 19.5. The maximum absolute atomic E-state index is 12.9. The summed E-state index contributed by atoms with van der Waals surface area (Å²) in [7, 11) is 0. The Balaban J connectivity index is 1.50. The van der Waals surface area contributed by atoms with Crippen LogP contribution in [0.1, 0.15) is 87.8 Å². The predicted molar refractivity (Wildman–Crippen MR) is 109 cm³/mol. The molecule has 1 aromatic rings. The summed E-state index contributed by atoms with van der Waals surface area (Å²) in [5, 5.41) is 0. The lowest BCUT2D eigenvalue weighted by molar-refractivity contribution is -0.134. The standard InChI is InChI=1S/C22H34N4O2/c1-2-20(27)26-12-7-6-10-19(26)21-23-18-11-13-25(15-17(18)22(28)24-21)14-16-8-4-3-5-9-16/h16,19H,2-15H2,1H3,(H,23,24,28). The number of aromatic nitrogens is 2. The highest BCUT2D eigenvalue weighted by atomic mass is 16.2. The molecule has 6 nitrogen and oxygen atoms in total. The van der Waals surface area contributed by atoms with Gasteiger partial charge in [-0.3, -0.25) is 14.5 Å². The summed E-state index contributed by atoms with van der Waals surface area (Å²) in [6.07, 6.45) is 11.1. The quantitative estimate of drug-likeness (QED) is 0.863. The molecule has 1 aromatic heterocycles. The van der Waals surface area contributed by atoms with E-state index in [-0.39, 0.29) is 17.5 Å². The summed E-state index contributed by atoms with van der Waals surface area (Å²) < 4.78 is 0. The lowest BCUT2D eigenvalue weighted by Gasteiger charge is -2.36. The van der Waals surface area contributed by atoms with E-state index in [0.29, 0.717) is 12.2 Å². The molecule has 154 valence electrons. The highest BCUT2D eigenvalue weighted by Crippen LogP contribution is 2.30. The number of carbonyl (C=O) groups excluding carboxylic acids is 1. The lowest BCUT2D eigenvalue weighted by Crippen LogP contribution is -2.42. The molecule has 28 heavy (non-hydrogen) atoms. The van der Waals surface area contributed by atoms with Crippen LogP contribution in [0.15, 0.2) is 4.79 Å². The second kappa shape index (κ2) is 8.76. The number of H-pyrrole nitrogens is 1. The Bertz CT molecular complexity index is 753. The Labute approximate surface area is 167 Å². The summed E-state index contributed by atoms with van der Waals surface area (Å²) in [4.78, 5) is 37.5. The first-order valence-electron chi connectivity index (χ1n) is 11.3. The SMILES string of the molecule is CCC(=O)N1CCCCC1c1nc2c(c(=O)[nH]1)CN(CC1CCCCC1)CC2. The maximum atomic E-state index is 12.9. The van der Waals surface area contributed by atoms with Gasteiger partial charge in [-0.05, 0) is 38.0 Å². The van der Waals surface area contributed by atoms with Crippen LogP contribution in [0.4, 0.5) is 0 Å². The number of aromatic amines is 1. The first-order valence-corrected chi connectivity index (χ1v) is 11.3. The average molecular weight is 387 g/mol. The van der Waals surface area contributed by atoms with Crippen LogP contribution in [0.5, 0.6) is 0 Å². The Morgan fingerprint density at radius 3 is 2.68 bits per heavy atom. The highest BCUT2D eigenvalue weighted by Gasteiger charge is 2.31. The van der Waals surface area contributed by atoms with E-state index >= 15 is 0 Å². The third kappa shape index (κ3) is 4.17. The van der Waals surface area contributed by atoms with E-state index in [0.717, 1.165) is 69.0 Å². The number of amides is 1. The molecule has 0 spiro atoms. The van der Waals surface area contributed by atoms with Gasteiger partial charge in [0.05, 0.1) is 17.3 Å². The van der Waals surface area contributed by atoms with Crippen molar-refractivity contribution in [1.29, 1.82) is 0 Å². The van der Waals surface area contributed by atoms with Crippen LogP contribution in [0.3, 0.4) is 0 Å². The minimum Gasteiger partial charge on any atom is -0.333 e. The Morgan fingerprint density at radius 2 is 1.89 bits per heavy atom. The van der Waals surface area contributed by atoms with Crippen molar-refractivity contribution in [3.05, 3.63) is 27.4 Å². The summed E-state index contributed by atoms with van der Waals surface area (Å²) >= 11 is 0. The Hall–Kier alpha value is -1.69. The van der Waals surface area contributed by atoms with Gasteiger partial charge < -0.3 is 9.88 Å². The number of rotatable bonds is 4. The Morgan fingerprint density at radius 1 is 1.11 bits per heavy atom. The monoisotopic (exact) mass is 386 g/mol. The second-order valence-corrected chi connectivity index (χ2v) is 8.82. The van der Waals surface area contributed by atoms with E-state index in [2.05, 4.69) is 9.88 Å². The number of carbonyl (C=O) groups is 1. The number of nitrogens with zero attached hydrogens (tertiary/aromatic N) is 3. The normalized spacial score (nSPS) is 24.2. The van der Waals surface area contributed by atoms with Gasteiger partial charge in [0, 0.05) is 39.0 Å². The maximum Gasteiger partial charge on any atom is 0.255 e. The molecule has 6 heteroatoms. The molecule has 1 N–H and O–H groups in total. The van der Waals surface area contributed by atoms with Gasteiger partial charge in [0.1, 0.15) is 5.82 Å². The number of nitrogens with one attached hydrogen (secondary N) is 1. The number of likely N-dealkylation sites (tertiary alicyclic amines) is 1. The van der Waals surface area contributed by atoms with Crippen molar-refractivity contribution in [2.24, 2.45) is 5.92 Å². The molecule has 0 aromatic carbocycles. The van der Waals surface area contributed by atoms with Gasteiger partial charge in [-0.15, -0.1) is 0 Å². The van der Waals surface area contributed by atoms with Crippen molar-refractivity contribution in [3.63, 3.8) is 0 Å². The molecule has 2 fully saturated rings. The molecular formula is C22H34N4O2. The van der Waals surface area contributed by atoms with Crippen LogP contribution in [-0.4, -0.2) is 45.3 Å². The van der Waals surface area contributed by atoms with E-state index in [9.17, 15) is 9.59 Å². The third-order valence-electron chi connectivity index (χ3n) is 6.85. The van der Waals surface area contributed by atoms with E-state index < -0.39 is 0 Å². The van der Waals surface area contributed by atoms with E-state index in [1.807, 2.05) is 11.8 Å². The highest BCUT2D eigenvalue weighted by molar-refractivity contribution is 5.76. The summed E-state index contributed by atoms with van der Waals surface area (Å²) in [6, 6.07) is -0.0699. The molecular weight excluding hydrogens is 352 g/mol. The smallest absolute Gasteiger partial charge is 0.255 e. The molecule has 0 radical (unpaired) electrons. The molecule has 3 heterocycles. The van der Waals surface area contributed by atoms with Crippen molar-refractivity contribution in [2.75, 3.05) is 19.6 Å². The average Bonchev–Trinajstić information content (AvgIpc) is 2.74. The van der Waals surface area contributed by atoms with Crippen molar-refractivity contribution in [1.82, 2.24) is 19.8 Å². The van der Waals surface area contributed by atoms with Gasteiger partial charge in [-0.1, -0.05) is 26.2 Å². The number of hydrogen-bond donors (Lipinski definition) is 1. The Kier molecular flexibility index (Phi) is 6.14. The predicted octanol–water partition coefficient (Wildman–Crippen LogP) is 3.17. The fraction of sp³-hybridized carbons (Fsp3) is 0.773. The zero-order valence-corrected chi connectivity index (χ0v) is 17.2. The van der Waals surface area contributed by atoms with Crippen LogP contribution < -0.4 is 5.56 Å². The van der Waals surface area contributed by atoms with Crippen LogP contribution in [0.25, 0.3) is 0 Å². The molecule has 1 amide bonds. The molecule has 1 aliphatic carbocycles. The van der Waals surface area contributed by atoms with Crippen molar-refractivity contribution in [2.45, 2.75) is 83.7 Å². The van der Waals surface area contributed by atoms with Gasteiger partial charge in [0.15, 0.2) is 0 Å². The van der Waals surface area contributed by atoms with Crippen LogP contribution in [0, 0.1) is 5.92 Å². The molecule has 3 aliphatic rings. The van der Waals surface area contributed by atoms with E-state index in [1.165, 1.54) is 32.1 Å². The van der Waals surface area contributed by atoms with Crippen molar-refractivity contribution >= 4 is 5.91 Å². The minimum atomic E-state index is -0.0699. The second-order valence-electron chi connectivity index (χ2n) is 8.82. The van der Waals surface area contributed by atoms with Gasteiger partial charge >= 0.3 is 0 Å². The largest absolute Gasteiger partial charge is 0.333 e. The molecule has 1 saturated heterocycles. The van der Waals surface area contributed by atoms with Crippen molar-refractivity contribution < 1.29 is 4.79 Å². The van der Waals surface area contributed by atoms with Gasteiger partial charge in [0.25, 0.3) is 5.56 Å². The van der Waals surface area contributed by atoms with Gasteiger partial charge in [-0.25, -0.2) is 4.98 Å². The first kappa shape index (κ1) is 19.6. The van der Waals surface area contributed by atoms with Crippen molar-refractivity contribution in [3.8, 4) is 0 Å².